The van der Waals surface area contributed by atoms with Crippen molar-refractivity contribution >= 4 is 11.8 Å². The molecule has 0 unspecified atom stereocenters. The van der Waals surface area contributed by atoms with Gasteiger partial charge in [-0.15, -0.1) is 0 Å². The summed E-state index contributed by atoms with van der Waals surface area (Å²) < 4.78 is 6.30. The molecule has 2 aromatic heterocycles. The van der Waals surface area contributed by atoms with E-state index >= 15 is 0 Å². The molecule has 8 nitrogen and oxygen atoms in total. The lowest BCUT2D eigenvalue weighted by Gasteiger charge is -2.37. The molecule has 8 heteroatoms. The molecule has 0 saturated heterocycles. The predicted octanol–water partition coefficient (Wildman–Crippen LogP) is 3.01. The van der Waals surface area contributed by atoms with Gasteiger partial charge < -0.3 is 19.6 Å². The maximum Gasteiger partial charge on any atom is 0.259 e. The third kappa shape index (κ3) is 5.85. The van der Waals surface area contributed by atoms with E-state index in [1.165, 1.54) is 12.8 Å². The number of carbonyl (C=O) groups is 2. The molecule has 2 amide bonds. The lowest BCUT2D eigenvalue weighted by atomic mass is 9.99. The third-order valence-electron chi connectivity index (χ3n) is 7.02. The summed E-state index contributed by atoms with van der Waals surface area (Å²) in [6, 6.07) is 4.71. The lowest BCUT2D eigenvalue weighted by molar-refractivity contribution is 0.0313. The standard InChI is InChI=1S/C28H34N4O4/c1-19-16-32(20(2)18-33)28(35)24-14-22(9-8-21-6-4-5-7-21)15-30-26(24)36-25(19)17-31(3)27(34)23-10-12-29-13-11-23/h10-15,19-21,25,33H,4-7,16-18H2,1-3H3/t19-,20-,25+/m0/s1. The first-order chi connectivity index (χ1) is 17.4. The Morgan fingerprint density at radius 1 is 1.31 bits per heavy atom. The quantitative estimate of drug-likeness (QED) is 0.648. The van der Waals surface area contributed by atoms with Crippen molar-refractivity contribution in [2.24, 2.45) is 11.8 Å². The van der Waals surface area contributed by atoms with Crippen LogP contribution in [0.15, 0.2) is 36.8 Å². The Bertz CT molecular complexity index is 1140. The fourth-order valence-electron chi connectivity index (χ4n) is 4.71. The van der Waals surface area contributed by atoms with E-state index in [-0.39, 0.29) is 36.3 Å². The van der Waals surface area contributed by atoms with Gasteiger partial charge in [0.2, 0.25) is 5.88 Å². The number of fused-ring (bicyclic) bond motifs is 1. The summed E-state index contributed by atoms with van der Waals surface area (Å²) in [7, 11) is 1.73. The summed E-state index contributed by atoms with van der Waals surface area (Å²) >= 11 is 0. The summed E-state index contributed by atoms with van der Waals surface area (Å²) in [6.45, 7) is 4.32. The van der Waals surface area contributed by atoms with Gasteiger partial charge in [0.15, 0.2) is 0 Å². The van der Waals surface area contributed by atoms with E-state index < -0.39 is 6.10 Å². The molecule has 1 saturated carbocycles. The van der Waals surface area contributed by atoms with E-state index in [1.54, 1.807) is 53.6 Å². The second-order valence-electron chi connectivity index (χ2n) is 9.87. The molecule has 3 heterocycles. The number of likely N-dealkylation sites (N-methyl/N-ethyl adjacent to an activating group) is 1. The minimum atomic E-state index is -0.413. The molecular weight excluding hydrogens is 456 g/mol. The van der Waals surface area contributed by atoms with Crippen molar-refractivity contribution in [1.82, 2.24) is 19.8 Å². The van der Waals surface area contributed by atoms with Crippen molar-refractivity contribution in [3.05, 3.63) is 53.5 Å². The van der Waals surface area contributed by atoms with Crippen LogP contribution in [0.25, 0.3) is 0 Å². The number of aliphatic hydroxyl groups is 1. The van der Waals surface area contributed by atoms with Crippen LogP contribution >= 0.6 is 0 Å². The zero-order chi connectivity index (χ0) is 25.7. The van der Waals surface area contributed by atoms with Crippen LogP contribution in [-0.2, 0) is 0 Å². The monoisotopic (exact) mass is 490 g/mol. The maximum absolute atomic E-state index is 13.5. The van der Waals surface area contributed by atoms with Crippen LogP contribution in [0.3, 0.4) is 0 Å². The maximum atomic E-state index is 13.5. The average molecular weight is 491 g/mol. The van der Waals surface area contributed by atoms with Crippen LogP contribution in [-0.4, -0.2) is 75.6 Å². The topological polar surface area (TPSA) is 95.9 Å². The number of aromatic nitrogens is 2. The molecule has 2 aromatic rings. The van der Waals surface area contributed by atoms with Gasteiger partial charge in [0.05, 0.1) is 19.2 Å². The second kappa shape index (κ2) is 11.5. The molecule has 1 aliphatic heterocycles. The van der Waals surface area contributed by atoms with Crippen LogP contribution in [0.4, 0.5) is 0 Å². The Morgan fingerprint density at radius 2 is 2.03 bits per heavy atom. The van der Waals surface area contributed by atoms with Gasteiger partial charge >= 0.3 is 0 Å². The largest absolute Gasteiger partial charge is 0.472 e. The lowest BCUT2D eigenvalue weighted by Crippen LogP contribution is -2.50. The summed E-state index contributed by atoms with van der Waals surface area (Å²) in [5.41, 5.74) is 1.54. The number of nitrogens with zero attached hydrogens (tertiary/aromatic N) is 4. The number of rotatable bonds is 5. The first kappa shape index (κ1) is 25.6. The molecule has 2 aliphatic rings. The molecule has 3 atom stereocenters. The van der Waals surface area contributed by atoms with E-state index in [2.05, 4.69) is 21.8 Å². The molecule has 0 radical (unpaired) electrons. The molecule has 0 bridgehead atoms. The van der Waals surface area contributed by atoms with E-state index in [4.69, 9.17) is 4.74 Å². The average Bonchev–Trinajstić information content (AvgIpc) is 3.43. The summed E-state index contributed by atoms with van der Waals surface area (Å²) in [6.07, 6.45) is 9.04. The number of amides is 2. The van der Waals surface area contributed by atoms with Gasteiger partial charge in [-0.1, -0.05) is 31.6 Å². The highest BCUT2D eigenvalue weighted by Crippen LogP contribution is 2.28. The number of ether oxygens (including phenoxy) is 1. The normalized spacial score (nSPS) is 20.9. The van der Waals surface area contributed by atoms with E-state index in [0.29, 0.717) is 35.7 Å². The fraction of sp³-hybridized carbons (Fsp3) is 0.500. The first-order valence-corrected chi connectivity index (χ1v) is 12.6. The van der Waals surface area contributed by atoms with Gasteiger partial charge in [0, 0.05) is 55.1 Å². The minimum absolute atomic E-state index is 0.118. The van der Waals surface area contributed by atoms with Gasteiger partial charge in [-0.05, 0) is 38.0 Å². The summed E-state index contributed by atoms with van der Waals surface area (Å²) in [5, 5.41) is 9.85. The Morgan fingerprint density at radius 3 is 2.72 bits per heavy atom. The molecule has 1 fully saturated rings. The highest BCUT2D eigenvalue weighted by molar-refractivity contribution is 5.97. The molecular formula is C28H34N4O4. The van der Waals surface area contributed by atoms with E-state index in [9.17, 15) is 14.7 Å². The zero-order valence-corrected chi connectivity index (χ0v) is 21.2. The molecule has 1 aliphatic carbocycles. The van der Waals surface area contributed by atoms with Gasteiger partial charge in [-0.2, -0.15) is 0 Å². The Hall–Kier alpha value is -3.44. The van der Waals surface area contributed by atoms with Crippen LogP contribution in [0.1, 0.15) is 65.8 Å². The van der Waals surface area contributed by atoms with E-state index in [1.807, 2.05) is 13.8 Å². The number of hydrogen-bond acceptors (Lipinski definition) is 6. The van der Waals surface area contributed by atoms with Crippen molar-refractivity contribution in [3.63, 3.8) is 0 Å². The molecule has 0 spiro atoms. The van der Waals surface area contributed by atoms with Crippen molar-refractivity contribution in [2.45, 2.75) is 51.7 Å². The minimum Gasteiger partial charge on any atom is -0.472 e. The molecule has 1 N–H and O–H groups in total. The highest BCUT2D eigenvalue weighted by Gasteiger charge is 2.34. The molecule has 4 rings (SSSR count). The van der Waals surface area contributed by atoms with E-state index in [0.717, 1.165) is 12.8 Å². The van der Waals surface area contributed by atoms with Crippen LogP contribution in [0.5, 0.6) is 5.88 Å². The number of carbonyl (C=O) groups excluding carboxylic acids is 2. The highest BCUT2D eigenvalue weighted by atomic mass is 16.5. The Labute approximate surface area is 212 Å². The number of aliphatic hydroxyl groups excluding tert-OH is 1. The Balaban J connectivity index is 1.62. The molecule has 0 aromatic carbocycles. The zero-order valence-electron chi connectivity index (χ0n) is 21.2. The number of pyridine rings is 2. The van der Waals surface area contributed by atoms with Crippen LogP contribution < -0.4 is 4.74 Å². The van der Waals surface area contributed by atoms with Crippen molar-refractivity contribution in [1.29, 1.82) is 0 Å². The summed E-state index contributed by atoms with van der Waals surface area (Å²) in [5.74, 6) is 6.63. The second-order valence-corrected chi connectivity index (χ2v) is 9.87. The smallest absolute Gasteiger partial charge is 0.259 e. The van der Waals surface area contributed by atoms with Gasteiger partial charge in [-0.3, -0.25) is 14.6 Å². The van der Waals surface area contributed by atoms with Gasteiger partial charge in [0.25, 0.3) is 11.8 Å². The van der Waals surface area contributed by atoms with Crippen molar-refractivity contribution < 1.29 is 19.4 Å². The Kier molecular flexibility index (Phi) is 8.21. The van der Waals surface area contributed by atoms with Gasteiger partial charge in [-0.25, -0.2) is 4.98 Å². The fourth-order valence-corrected chi connectivity index (χ4v) is 4.71. The summed E-state index contributed by atoms with van der Waals surface area (Å²) in [4.78, 5) is 38.2. The first-order valence-electron chi connectivity index (χ1n) is 12.6. The van der Waals surface area contributed by atoms with Gasteiger partial charge in [0.1, 0.15) is 11.7 Å². The third-order valence-corrected chi connectivity index (χ3v) is 7.02. The number of hydrogen-bond donors (Lipinski definition) is 1. The molecule has 36 heavy (non-hydrogen) atoms. The predicted molar refractivity (Wildman–Crippen MR) is 135 cm³/mol. The molecule has 190 valence electrons. The SMILES string of the molecule is C[C@H]1CN([C@@H](C)CO)C(=O)c2cc(C#CC3CCCC3)cnc2O[C@@H]1CN(C)C(=O)c1ccncc1. The van der Waals surface area contributed by atoms with Crippen LogP contribution in [0.2, 0.25) is 0 Å². The van der Waals surface area contributed by atoms with Crippen molar-refractivity contribution in [2.75, 3.05) is 26.7 Å². The van der Waals surface area contributed by atoms with Crippen molar-refractivity contribution in [3.8, 4) is 17.7 Å². The van der Waals surface area contributed by atoms with Crippen LogP contribution in [0, 0.1) is 23.7 Å².